The predicted molar refractivity (Wildman–Crippen MR) is 10.5 cm³/mol. The molecule has 0 amide bonds. The van der Waals surface area contributed by atoms with Gasteiger partial charge in [0.1, 0.15) is 0 Å². The van der Waals surface area contributed by atoms with Gasteiger partial charge in [-0.2, -0.15) is 13.2 Å². The van der Waals surface area contributed by atoms with Crippen molar-refractivity contribution in [1.82, 2.24) is 0 Å². The van der Waals surface area contributed by atoms with Crippen LogP contribution in [0.25, 0.3) is 5.54 Å². The summed E-state index contributed by atoms with van der Waals surface area (Å²) in [7, 11) is 0. The molecule has 0 fully saturated rings. The second kappa shape index (κ2) is 1.42. The third kappa shape index (κ3) is 3.68. The van der Waals surface area contributed by atoms with Crippen LogP contribution in [0.15, 0.2) is 0 Å². The van der Waals surface area contributed by atoms with Crippen LogP contribution in [0.4, 0.5) is 17.7 Å². The second-order valence-electron chi connectivity index (χ2n) is 0.552. The molecule has 0 saturated heterocycles. The fraction of sp³-hybridized carbons (Fsp3) is 1.00. The minimum absolute atomic E-state index is 0.521. The summed E-state index contributed by atoms with van der Waals surface area (Å²) in [5.41, 5.74) is 0.521. The van der Waals surface area contributed by atoms with E-state index in [0.717, 1.165) is 0 Å². The molecule has 0 saturated carbocycles. The van der Waals surface area contributed by atoms with Crippen LogP contribution in [0.3, 0.4) is 0 Å². The highest BCUT2D eigenvalue weighted by Gasteiger charge is 2.11. The summed E-state index contributed by atoms with van der Waals surface area (Å²) < 4.78 is 40.7. The van der Waals surface area contributed by atoms with E-state index >= 15 is 0 Å². The summed E-state index contributed by atoms with van der Waals surface area (Å²) in [6.07, 6.45) is -5.00. The minimum atomic E-state index is -5.00. The molecule has 0 heterocycles. The third-order valence-electron chi connectivity index (χ3n) is 0.0958. The molecule has 6 heavy (non-hydrogen) atoms. The molecule has 5 heteroatoms. The Hall–Kier alpha value is -0.320. The Labute approximate surface area is 30.9 Å². The third-order valence-corrected chi connectivity index (χ3v) is 0.0958. The molecule has 0 spiro atoms. The van der Waals surface area contributed by atoms with Gasteiger partial charge in [-0.1, -0.05) is 0 Å². The molecule has 0 bridgehead atoms. The zero-order valence-electron chi connectivity index (χ0n) is 2.46. The van der Waals surface area contributed by atoms with Gasteiger partial charge in [-0.15, -0.1) is 0 Å². The smallest absolute Gasteiger partial charge is 0.334 e. The topological polar surface area (TPSA) is 14.1 Å². The lowest BCUT2D eigenvalue weighted by Gasteiger charge is -2.11. The average molecular weight is 102 g/mol. The molecule has 0 aliphatic heterocycles. The summed E-state index contributed by atoms with van der Waals surface area (Å²) in [5.74, 6) is 0. The minimum Gasteiger partial charge on any atom is -0.400 e. The van der Waals surface area contributed by atoms with E-state index in [1.54, 1.807) is 0 Å². The molecule has 0 aromatic heterocycles. The highest BCUT2D eigenvalue weighted by molar-refractivity contribution is 4.62. The summed E-state index contributed by atoms with van der Waals surface area (Å²) in [5, 5.41) is 0. The SMILES string of the molecule is F[N-]C(F)(F)F. The van der Waals surface area contributed by atoms with Crippen LogP contribution < -0.4 is 0 Å². The van der Waals surface area contributed by atoms with Gasteiger partial charge in [-0.05, 0) is 0 Å². The monoisotopic (exact) mass is 102 g/mol. The molecule has 0 radical (unpaired) electrons. The van der Waals surface area contributed by atoms with Crippen molar-refractivity contribution in [3.63, 3.8) is 0 Å². The van der Waals surface area contributed by atoms with E-state index in [2.05, 4.69) is 0 Å². The van der Waals surface area contributed by atoms with Crippen LogP contribution in [-0.2, 0) is 0 Å². The molecular weight excluding hydrogens is 102 g/mol. The number of hydrogen-bond acceptors (Lipinski definition) is 0. The van der Waals surface area contributed by atoms with E-state index in [1.807, 2.05) is 0 Å². The Morgan fingerprint density at radius 3 is 1.33 bits per heavy atom. The predicted octanol–water partition coefficient (Wildman–Crippen LogP) is 1.76. The molecule has 0 aliphatic rings. The summed E-state index contributed by atoms with van der Waals surface area (Å²) in [4.78, 5) is 0. The Bertz CT molecular complexity index is 37.3. The lowest BCUT2D eigenvalue weighted by atomic mass is 11.2. The normalized spacial score (nSPS) is 12.0. The number of nitrogens with zero attached hydrogens (tertiary/aromatic N) is 1. The van der Waals surface area contributed by atoms with Crippen LogP contribution in [0, 0.1) is 0 Å². The largest absolute Gasteiger partial charge is 0.400 e. The first-order valence-electron chi connectivity index (χ1n) is 0.960. The molecule has 0 atom stereocenters. The average Bonchev–Trinajstić information content (AvgIpc) is 1.35. The quantitative estimate of drug-likeness (QED) is 0.327. The second-order valence-corrected chi connectivity index (χ2v) is 0.552. The van der Waals surface area contributed by atoms with Crippen molar-refractivity contribution < 1.29 is 17.7 Å². The van der Waals surface area contributed by atoms with Crippen molar-refractivity contribution in [2.75, 3.05) is 0 Å². The van der Waals surface area contributed by atoms with E-state index in [-0.39, 0.29) is 0 Å². The summed E-state index contributed by atoms with van der Waals surface area (Å²) in [6, 6.07) is 0. The molecule has 0 aliphatic carbocycles. The van der Waals surface area contributed by atoms with Crippen LogP contribution in [0.1, 0.15) is 0 Å². The molecular formula is CF4N-. The number of alkyl halides is 3. The standard InChI is InChI=1S/CF4N/c2-1(3,4)6-5/q-1. The van der Waals surface area contributed by atoms with E-state index in [9.17, 15) is 17.7 Å². The zero-order valence-corrected chi connectivity index (χ0v) is 2.46. The van der Waals surface area contributed by atoms with Gasteiger partial charge in [0.2, 0.25) is 0 Å². The molecule has 1 nitrogen and oxygen atoms in total. The molecule has 0 unspecified atom stereocenters. The number of halogens is 4. The van der Waals surface area contributed by atoms with Gasteiger partial charge in [0.05, 0.1) is 0 Å². The van der Waals surface area contributed by atoms with Crippen LogP contribution >= 0.6 is 0 Å². The maximum atomic E-state index is 10.2. The molecule has 0 rings (SSSR count). The first kappa shape index (κ1) is 5.68. The van der Waals surface area contributed by atoms with Crippen molar-refractivity contribution in [3.8, 4) is 0 Å². The van der Waals surface area contributed by atoms with E-state index < -0.39 is 6.30 Å². The van der Waals surface area contributed by atoms with Crippen LogP contribution in [0.5, 0.6) is 0 Å². The number of hydrogen-bond donors (Lipinski definition) is 0. The van der Waals surface area contributed by atoms with E-state index in [0.29, 0.717) is 5.54 Å². The van der Waals surface area contributed by atoms with Crippen LogP contribution in [0.2, 0.25) is 0 Å². The fourth-order valence-corrected chi connectivity index (χ4v) is 0. The first-order chi connectivity index (χ1) is 2.56. The summed E-state index contributed by atoms with van der Waals surface area (Å²) >= 11 is 0. The van der Waals surface area contributed by atoms with Gasteiger partial charge in [-0.3, -0.25) is 0 Å². The Morgan fingerprint density at radius 1 is 1.17 bits per heavy atom. The lowest BCUT2D eigenvalue weighted by Crippen LogP contribution is -1.99. The first-order valence-corrected chi connectivity index (χ1v) is 0.960. The van der Waals surface area contributed by atoms with Crippen molar-refractivity contribution in [2.24, 2.45) is 0 Å². The lowest BCUT2D eigenvalue weighted by molar-refractivity contribution is -0.108. The molecule has 0 aromatic rings. The Balaban J connectivity index is 3.17. The fourth-order valence-electron chi connectivity index (χ4n) is 0. The zero-order chi connectivity index (χ0) is 5.21. The Morgan fingerprint density at radius 2 is 1.33 bits per heavy atom. The van der Waals surface area contributed by atoms with Gasteiger partial charge < -0.3 is 10.0 Å². The summed E-state index contributed by atoms with van der Waals surface area (Å²) in [6.45, 7) is 0. The van der Waals surface area contributed by atoms with Gasteiger partial charge in [0, 0.05) is 0 Å². The van der Waals surface area contributed by atoms with Crippen molar-refractivity contribution >= 4 is 0 Å². The molecule has 0 N–H and O–H groups in total. The highest BCUT2D eigenvalue weighted by Crippen LogP contribution is 2.21. The maximum Gasteiger partial charge on any atom is 0.334 e. The van der Waals surface area contributed by atoms with Gasteiger partial charge in [0.25, 0.3) is 0 Å². The molecule has 38 valence electrons. The van der Waals surface area contributed by atoms with Crippen LogP contribution in [-0.4, -0.2) is 6.30 Å². The number of rotatable bonds is 0. The molecule has 0 aromatic carbocycles. The Kier molecular flexibility index (Phi) is 1.34. The van der Waals surface area contributed by atoms with Crippen molar-refractivity contribution in [2.45, 2.75) is 6.30 Å². The van der Waals surface area contributed by atoms with Crippen molar-refractivity contribution in [3.05, 3.63) is 5.54 Å². The van der Waals surface area contributed by atoms with E-state index in [1.165, 1.54) is 0 Å². The van der Waals surface area contributed by atoms with Gasteiger partial charge in [0.15, 0.2) is 0 Å². The maximum absolute atomic E-state index is 10.2. The van der Waals surface area contributed by atoms with E-state index in [4.69, 9.17) is 0 Å². The van der Waals surface area contributed by atoms with Gasteiger partial charge in [-0.25, -0.2) is 0 Å². The highest BCUT2D eigenvalue weighted by atomic mass is 19.4. The van der Waals surface area contributed by atoms with Gasteiger partial charge >= 0.3 is 6.30 Å². The van der Waals surface area contributed by atoms with Crippen molar-refractivity contribution in [1.29, 1.82) is 0 Å².